The van der Waals surface area contributed by atoms with Crippen LogP contribution < -0.4 is 9.62 Å². The summed E-state index contributed by atoms with van der Waals surface area (Å²) in [6.07, 6.45) is 0.208. The van der Waals surface area contributed by atoms with E-state index < -0.39 is 28.5 Å². The van der Waals surface area contributed by atoms with E-state index >= 15 is 0 Å². The Balaban J connectivity index is 1.79. The van der Waals surface area contributed by atoms with Gasteiger partial charge in [0, 0.05) is 29.6 Å². The topological polar surface area (TPSA) is 86.8 Å². The molecule has 224 valence electrons. The molecule has 0 aliphatic rings. The number of carbonyl (C=O) groups is 2. The highest BCUT2D eigenvalue weighted by Gasteiger charge is 2.34. The molecular weight excluding hydrogens is 605 g/mol. The molecular formula is C33H33Cl2N3O4S. The summed E-state index contributed by atoms with van der Waals surface area (Å²) in [5.74, 6) is -0.935. The number of nitrogens with one attached hydrogen (secondary N) is 1. The highest BCUT2D eigenvalue weighted by atomic mass is 35.5. The molecule has 0 saturated heterocycles. The lowest BCUT2D eigenvalue weighted by Crippen LogP contribution is -2.53. The second-order valence-electron chi connectivity index (χ2n) is 10.0. The summed E-state index contributed by atoms with van der Waals surface area (Å²) in [6, 6.07) is 28.2. The van der Waals surface area contributed by atoms with Gasteiger partial charge in [-0.2, -0.15) is 0 Å². The number of anilines is 1. The van der Waals surface area contributed by atoms with Gasteiger partial charge >= 0.3 is 0 Å². The van der Waals surface area contributed by atoms with Crippen molar-refractivity contribution >= 4 is 50.7 Å². The van der Waals surface area contributed by atoms with Gasteiger partial charge in [-0.1, -0.05) is 95.5 Å². The Morgan fingerprint density at radius 2 is 1.49 bits per heavy atom. The average Bonchev–Trinajstić information content (AvgIpc) is 2.99. The number of benzene rings is 4. The van der Waals surface area contributed by atoms with E-state index in [9.17, 15) is 18.0 Å². The lowest BCUT2D eigenvalue weighted by molar-refractivity contribution is -0.140. The molecule has 4 rings (SSSR count). The minimum Gasteiger partial charge on any atom is -0.355 e. The smallest absolute Gasteiger partial charge is 0.264 e. The summed E-state index contributed by atoms with van der Waals surface area (Å²) < 4.78 is 29.1. The van der Waals surface area contributed by atoms with Gasteiger partial charge in [-0.3, -0.25) is 13.9 Å². The van der Waals surface area contributed by atoms with Gasteiger partial charge in [0.15, 0.2) is 0 Å². The van der Waals surface area contributed by atoms with Crippen LogP contribution in [0.5, 0.6) is 0 Å². The third kappa shape index (κ3) is 8.16. The van der Waals surface area contributed by atoms with Gasteiger partial charge in [0.2, 0.25) is 11.8 Å². The molecule has 0 bridgehead atoms. The van der Waals surface area contributed by atoms with Crippen LogP contribution in [0.15, 0.2) is 108 Å². The zero-order valence-corrected chi connectivity index (χ0v) is 26.2. The monoisotopic (exact) mass is 637 g/mol. The lowest BCUT2D eigenvalue weighted by atomic mass is 10.0. The maximum Gasteiger partial charge on any atom is 0.264 e. The van der Waals surface area contributed by atoms with Crippen LogP contribution in [0.3, 0.4) is 0 Å². The molecule has 0 fully saturated rings. The van der Waals surface area contributed by atoms with E-state index in [0.717, 1.165) is 15.4 Å². The van der Waals surface area contributed by atoms with Gasteiger partial charge in [0.05, 0.1) is 10.6 Å². The Kier molecular flexibility index (Phi) is 10.9. The molecule has 0 radical (unpaired) electrons. The number of amides is 2. The summed E-state index contributed by atoms with van der Waals surface area (Å²) in [6.45, 7) is 3.42. The molecule has 4 aromatic carbocycles. The summed E-state index contributed by atoms with van der Waals surface area (Å²) in [5.41, 5.74) is 2.62. The molecule has 0 heterocycles. The van der Waals surface area contributed by atoms with Crippen molar-refractivity contribution in [3.05, 3.63) is 130 Å². The molecule has 0 aliphatic carbocycles. The molecule has 2 amide bonds. The molecule has 0 spiro atoms. The average molecular weight is 639 g/mol. The predicted molar refractivity (Wildman–Crippen MR) is 172 cm³/mol. The van der Waals surface area contributed by atoms with Crippen LogP contribution in [0.25, 0.3) is 0 Å². The van der Waals surface area contributed by atoms with Gasteiger partial charge in [0.25, 0.3) is 10.0 Å². The molecule has 0 aromatic heterocycles. The van der Waals surface area contributed by atoms with Crippen molar-refractivity contribution in [3.63, 3.8) is 0 Å². The molecule has 0 saturated carbocycles. The number of likely N-dealkylation sites (N-methyl/N-ethyl adjacent to an activating group) is 1. The molecule has 0 unspecified atom stereocenters. The maximum atomic E-state index is 14.4. The summed E-state index contributed by atoms with van der Waals surface area (Å²) in [7, 11) is -4.16. The molecule has 7 nitrogen and oxygen atoms in total. The fourth-order valence-electron chi connectivity index (χ4n) is 4.64. The first kappa shape index (κ1) is 32.1. The highest BCUT2D eigenvalue weighted by molar-refractivity contribution is 7.92. The van der Waals surface area contributed by atoms with Gasteiger partial charge in [0.1, 0.15) is 12.6 Å². The Hall–Kier alpha value is -3.85. The van der Waals surface area contributed by atoms with Crippen molar-refractivity contribution in [1.29, 1.82) is 0 Å². The van der Waals surface area contributed by atoms with E-state index in [1.165, 1.54) is 17.0 Å². The SMILES string of the molecule is CCNC(=O)[C@H](Cc1ccccc1)N(Cc1ccc(Cl)cc1Cl)C(=O)CN(c1ccccc1)S(=O)(=O)c1ccc(C)cc1. The molecule has 1 N–H and O–H groups in total. The maximum absolute atomic E-state index is 14.4. The first-order valence-corrected chi connectivity index (χ1v) is 16.0. The number of sulfonamides is 1. The second-order valence-corrected chi connectivity index (χ2v) is 12.7. The standard InChI is InChI=1S/C33H33Cl2N3O4S/c1-3-36-33(40)31(20-25-10-6-4-7-11-25)37(22-26-16-17-27(34)21-30(26)35)32(39)23-38(28-12-8-5-9-13-28)43(41,42)29-18-14-24(2)15-19-29/h4-19,21,31H,3,20,22-23H2,1-2H3,(H,36,40)/t31-/m0/s1. The Labute approximate surface area is 263 Å². The van der Waals surface area contributed by atoms with Gasteiger partial charge in [-0.25, -0.2) is 8.42 Å². The van der Waals surface area contributed by atoms with Crippen LogP contribution in [0, 0.1) is 6.92 Å². The van der Waals surface area contributed by atoms with E-state index in [4.69, 9.17) is 23.2 Å². The van der Waals surface area contributed by atoms with E-state index in [-0.39, 0.29) is 23.8 Å². The third-order valence-electron chi connectivity index (χ3n) is 6.91. The van der Waals surface area contributed by atoms with Crippen LogP contribution in [-0.4, -0.2) is 44.3 Å². The minimum absolute atomic E-state index is 0.0450. The minimum atomic E-state index is -4.16. The number of halogens is 2. The van der Waals surface area contributed by atoms with Crippen LogP contribution >= 0.6 is 23.2 Å². The van der Waals surface area contributed by atoms with Crippen molar-refractivity contribution in [2.24, 2.45) is 0 Å². The summed E-state index contributed by atoms with van der Waals surface area (Å²) in [4.78, 5) is 29.3. The second kappa shape index (κ2) is 14.6. The van der Waals surface area contributed by atoms with Gasteiger partial charge in [-0.05, 0) is 61.4 Å². The number of para-hydroxylation sites is 1. The quantitative estimate of drug-likeness (QED) is 0.198. The van der Waals surface area contributed by atoms with E-state index in [1.807, 2.05) is 37.3 Å². The Morgan fingerprint density at radius 1 is 0.860 bits per heavy atom. The number of carbonyl (C=O) groups excluding carboxylic acids is 2. The normalized spacial score (nSPS) is 11.9. The van der Waals surface area contributed by atoms with Crippen molar-refractivity contribution < 1.29 is 18.0 Å². The number of rotatable bonds is 12. The molecule has 43 heavy (non-hydrogen) atoms. The Morgan fingerprint density at radius 3 is 2.09 bits per heavy atom. The van der Waals surface area contributed by atoms with E-state index in [0.29, 0.717) is 27.8 Å². The first-order chi connectivity index (χ1) is 20.6. The Bertz CT molecular complexity index is 1650. The van der Waals surface area contributed by atoms with Crippen LogP contribution in [0.2, 0.25) is 10.0 Å². The fourth-order valence-corrected chi connectivity index (χ4v) is 6.52. The highest BCUT2D eigenvalue weighted by Crippen LogP contribution is 2.27. The number of hydrogen-bond acceptors (Lipinski definition) is 4. The zero-order chi connectivity index (χ0) is 31.0. The van der Waals surface area contributed by atoms with Crippen LogP contribution in [-0.2, 0) is 32.6 Å². The zero-order valence-electron chi connectivity index (χ0n) is 23.9. The number of aryl methyl sites for hydroxylation is 1. The largest absolute Gasteiger partial charge is 0.355 e. The van der Waals surface area contributed by atoms with Crippen molar-refractivity contribution in [2.75, 3.05) is 17.4 Å². The van der Waals surface area contributed by atoms with Crippen molar-refractivity contribution in [2.45, 2.75) is 37.8 Å². The van der Waals surface area contributed by atoms with Crippen LogP contribution in [0.1, 0.15) is 23.6 Å². The fraction of sp³-hybridized carbons (Fsp3) is 0.212. The lowest BCUT2D eigenvalue weighted by Gasteiger charge is -2.34. The molecule has 1 atom stereocenters. The number of nitrogens with zero attached hydrogens (tertiary/aromatic N) is 2. The molecule has 0 aliphatic heterocycles. The summed E-state index contributed by atoms with van der Waals surface area (Å²) >= 11 is 12.7. The molecule has 10 heteroatoms. The number of hydrogen-bond donors (Lipinski definition) is 1. The summed E-state index contributed by atoms with van der Waals surface area (Å²) in [5, 5.41) is 3.59. The van der Waals surface area contributed by atoms with Crippen molar-refractivity contribution in [1.82, 2.24) is 10.2 Å². The van der Waals surface area contributed by atoms with Gasteiger partial charge < -0.3 is 10.2 Å². The third-order valence-corrected chi connectivity index (χ3v) is 9.28. The molecule has 4 aromatic rings. The van der Waals surface area contributed by atoms with E-state index in [2.05, 4.69) is 5.32 Å². The van der Waals surface area contributed by atoms with E-state index in [1.54, 1.807) is 67.6 Å². The predicted octanol–water partition coefficient (Wildman–Crippen LogP) is 6.27. The van der Waals surface area contributed by atoms with Gasteiger partial charge in [-0.15, -0.1) is 0 Å². The van der Waals surface area contributed by atoms with Crippen LogP contribution in [0.4, 0.5) is 5.69 Å². The first-order valence-electron chi connectivity index (χ1n) is 13.8. The van der Waals surface area contributed by atoms with Crippen molar-refractivity contribution in [3.8, 4) is 0 Å².